The van der Waals surface area contributed by atoms with E-state index in [1.165, 1.54) is 18.2 Å². The lowest BCUT2D eigenvalue weighted by atomic mass is 10.1. The van der Waals surface area contributed by atoms with Gasteiger partial charge in [0.25, 0.3) is 5.69 Å². The van der Waals surface area contributed by atoms with E-state index in [1.54, 1.807) is 11.0 Å². The molecule has 0 saturated carbocycles. The van der Waals surface area contributed by atoms with Crippen LogP contribution in [-0.2, 0) is 16.0 Å². The number of amides is 2. The molecular weight excluding hydrogens is 322 g/mol. The molecule has 1 aliphatic rings. The van der Waals surface area contributed by atoms with Crippen molar-refractivity contribution < 1.29 is 14.5 Å². The lowest BCUT2D eigenvalue weighted by Crippen LogP contribution is -2.23. The Morgan fingerprint density at radius 3 is 2.60 bits per heavy atom. The van der Waals surface area contributed by atoms with Crippen LogP contribution in [0.1, 0.15) is 18.4 Å². The number of hydrogen-bond acceptors (Lipinski definition) is 4. The van der Waals surface area contributed by atoms with Gasteiger partial charge in [0.2, 0.25) is 11.8 Å². The summed E-state index contributed by atoms with van der Waals surface area (Å²) in [5.41, 5.74) is 1.96. The minimum Gasteiger partial charge on any atom is -0.326 e. The number of hydrogen-bond donors (Lipinski definition) is 1. The standard InChI is InChI=1S/C18H17N3O4/c22-17(19-14-3-1-4-16(12-14)21(24)25)11-13-6-8-15(9-7-13)20-10-2-5-18(20)23/h1,3-4,6-9,12H,2,5,10-11H2,(H,19,22). The highest BCUT2D eigenvalue weighted by Gasteiger charge is 2.21. The Bertz CT molecular complexity index is 817. The van der Waals surface area contributed by atoms with Crippen molar-refractivity contribution in [1.29, 1.82) is 0 Å². The van der Waals surface area contributed by atoms with Gasteiger partial charge in [0.1, 0.15) is 0 Å². The van der Waals surface area contributed by atoms with Crippen molar-refractivity contribution in [3.05, 3.63) is 64.2 Å². The molecule has 0 aromatic heterocycles. The number of anilines is 2. The van der Waals surface area contributed by atoms with Crippen molar-refractivity contribution >= 4 is 28.9 Å². The van der Waals surface area contributed by atoms with Gasteiger partial charge in [-0.05, 0) is 30.2 Å². The minimum absolute atomic E-state index is 0.0718. The van der Waals surface area contributed by atoms with Crippen LogP contribution in [0, 0.1) is 10.1 Å². The monoisotopic (exact) mass is 339 g/mol. The molecule has 128 valence electrons. The molecule has 2 aromatic rings. The van der Waals surface area contributed by atoms with Crippen LogP contribution in [0.3, 0.4) is 0 Å². The predicted molar refractivity (Wildman–Crippen MR) is 93.5 cm³/mol. The Balaban J connectivity index is 1.62. The highest BCUT2D eigenvalue weighted by Crippen LogP contribution is 2.22. The molecule has 1 heterocycles. The third-order valence-corrected chi connectivity index (χ3v) is 4.03. The molecule has 2 amide bonds. The van der Waals surface area contributed by atoms with Crippen molar-refractivity contribution in [2.24, 2.45) is 0 Å². The Labute approximate surface area is 144 Å². The minimum atomic E-state index is -0.506. The summed E-state index contributed by atoms with van der Waals surface area (Å²) in [4.78, 5) is 35.8. The average molecular weight is 339 g/mol. The molecule has 1 saturated heterocycles. The lowest BCUT2D eigenvalue weighted by Gasteiger charge is -2.15. The summed E-state index contributed by atoms with van der Waals surface area (Å²) in [5.74, 6) is -0.137. The van der Waals surface area contributed by atoms with E-state index in [1.807, 2.05) is 24.3 Å². The summed E-state index contributed by atoms with van der Waals surface area (Å²) in [7, 11) is 0. The van der Waals surface area contributed by atoms with E-state index in [9.17, 15) is 19.7 Å². The normalized spacial score (nSPS) is 13.8. The first-order valence-electron chi connectivity index (χ1n) is 7.96. The largest absolute Gasteiger partial charge is 0.326 e. The van der Waals surface area contributed by atoms with E-state index in [0.717, 1.165) is 24.2 Å². The summed E-state index contributed by atoms with van der Waals surface area (Å²) in [6.07, 6.45) is 1.59. The van der Waals surface area contributed by atoms with Gasteiger partial charge in [0.05, 0.1) is 11.3 Å². The zero-order valence-corrected chi connectivity index (χ0v) is 13.5. The molecular formula is C18H17N3O4. The number of carbonyl (C=O) groups is 2. The molecule has 1 N–H and O–H groups in total. The second kappa shape index (κ2) is 7.12. The summed E-state index contributed by atoms with van der Waals surface area (Å²) < 4.78 is 0. The average Bonchev–Trinajstić information content (AvgIpc) is 3.02. The number of nitrogens with one attached hydrogen (secondary N) is 1. The van der Waals surface area contributed by atoms with Gasteiger partial charge in [0.15, 0.2) is 0 Å². The quantitative estimate of drug-likeness (QED) is 0.669. The second-order valence-electron chi connectivity index (χ2n) is 5.85. The molecule has 1 aliphatic heterocycles. The van der Waals surface area contributed by atoms with Crippen molar-refractivity contribution in [3.63, 3.8) is 0 Å². The Hall–Kier alpha value is -3.22. The third kappa shape index (κ3) is 4.00. The van der Waals surface area contributed by atoms with Crippen LogP contribution in [0.15, 0.2) is 48.5 Å². The van der Waals surface area contributed by atoms with E-state index in [2.05, 4.69) is 5.32 Å². The lowest BCUT2D eigenvalue weighted by molar-refractivity contribution is -0.384. The first kappa shape index (κ1) is 16.6. The van der Waals surface area contributed by atoms with E-state index >= 15 is 0 Å². The third-order valence-electron chi connectivity index (χ3n) is 4.03. The maximum absolute atomic E-state index is 12.1. The van der Waals surface area contributed by atoms with Crippen LogP contribution >= 0.6 is 0 Å². The molecule has 0 atom stereocenters. The molecule has 0 radical (unpaired) electrons. The van der Waals surface area contributed by atoms with E-state index in [-0.39, 0.29) is 23.9 Å². The van der Waals surface area contributed by atoms with Gasteiger partial charge in [-0.25, -0.2) is 0 Å². The number of rotatable bonds is 5. The molecule has 0 unspecified atom stereocenters. The number of non-ortho nitro benzene ring substituents is 1. The Morgan fingerprint density at radius 1 is 1.20 bits per heavy atom. The van der Waals surface area contributed by atoms with Crippen molar-refractivity contribution in [3.8, 4) is 0 Å². The van der Waals surface area contributed by atoms with E-state index < -0.39 is 4.92 Å². The predicted octanol–water partition coefficient (Wildman–Crippen LogP) is 2.90. The van der Waals surface area contributed by atoms with Crippen LogP contribution in [0.4, 0.5) is 17.1 Å². The first-order chi connectivity index (χ1) is 12.0. The van der Waals surface area contributed by atoms with Gasteiger partial charge >= 0.3 is 0 Å². The van der Waals surface area contributed by atoms with Crippen molar-refractivity contribution in [1.82, 2.24) is 0 Å². The molecule has 25 heavy (non-hydrogen) atoms. The maximum atomic E-state index is 12.1. The van der Waals surface area contributed by atoms with Crippen LogP contribution in [0.25, 0.3) is 0 Å². The molecule has 0 bridgehead atoms. The molecule has 7 nitrogen and oxygen atoms in total. The number of nitro groups is 1. The molecule has 0 spiro atoms. The second-order valence-corrected chi connectivity index (χ2v) is 5.85. The van der Waals surface area contributed by atoms with Gasteiger partial charge in [-0.1, -0.05) is 18.2 Å². The van der Waals surface area contributed by atoms with Crippen molar-refractivity contribution in [2.75, 3.05) is 16.8 Å². The molecule has 0 aliphatic carbocycles. The van der Waals surface area contributed by atoms with E-state index in [0.29, 0.717) is 12.1 Å². The molecule has 7 heteroatoms. The van der Waals surface area contributed by atoms with Gasteiger partial charge in [0, 0.05) is 36.5 Å². The summed E-state index contributed by atoms with van der Waals surface area (Å²) in [6.45, 7) is 0.728. The van der Waals surface area contributed by atoms with Crippen molar-refractivity contribution in [2.45, 2.75) is 19.3 Å². The zero-order chi connectivity index (χ0) is 17.8. The fourth-order valence-electron chi connectivity index (χ4n) is 2.80. The fourth-order valence-corrected chi connectivity index (χ4v) is 2.80. The first-order valence-corrected chi connectivity index (χ1v) is 7.96. The van der Waals surface area contributed by atoms with Crippen LogP contribution < -0.4 is 10.2 Å². The molecule has 2 aromatic carbocycles. The smallest absolute Gasteiger partial charge is 0.271 e. The van der Waals surface area contributed by atoms with Gasteiger partial charge in [-0.2, -0.15) is 0 Å². The SMILES string of the molecule is O=C(Cc1ccc(N2CCCC2=O)cc1)Nc1cccc([N+](=O)[O-])c1. The van der Waals surface area contributed by atoms with Crippen LogP contribution in [0.2, 0.25) is 0 Å². The number of nitrogens with zero attached hydrogens (tertiary/aromatic N) is 2. The van der Waals surface area contributed by atoms with E-state index in [4.69, 9.17) is 0 Å². The van der Waals surface area contributed by atoms with Gasteiger partial charge < -0.3 is 10.2 Å². The number of carbonyl (C=O) groups excluding carboxylic acids is 2. The zero-order valence-electron chi connectivity index (χ0n) is 13.5. The summed E-state index contributed by atoms with van der Waals surface area (Å²) in [6, 6.07) is 13.1. The molecule has 3 rings (SSSR count). The van der Waals surface area contributed by atoms with Crippen LogP contribution in [-0.4, -0.2) is 23.3 Å². The maximum Gasteiger partial charge on any atom is 0.271 e. The highest BCUT2D eigenvalue weighted by molar-refractivity contribution is 5.95. The molecule has 1 fully saturated rings. The summed E-state index contributed by atoms with van der Waals surface area (Å²) >= 11 is 0. The van der Waals surface area contributed by atoms with Gasteiger partial charge in [-0.3, -0.25) is 19.7 Å². The topological polar surface area (TPSA) is 92.6 Å². The van der Waals surface area contributed by atoms with Crippen LogP contribution in [0.5, 0.6) is 0 Å². The highest BCUT2D eigenvalue weighted by atomic mass is 16.6. The Kier molecular flexibility index (Phi) is 4.74. The number of nitro benzene ring substituents is 1. The Morgan fingerprint density at radius 2 is 1.96 bits per heavy atom. The summed E-state index contributed by atoms with van der Waals surface area (Å²) in [5, 5.41) is 13.4. The fraction of sp³-hybridized carbons (Fsp3) is 0.222. The number of benzene rings is 2. The van der Waals surface area contributed by atoms with Gasteiger partial charge in [-0.15, -0.1) is 0 Å².